The largest absolute Gasteiger partial charge is 0.496 e. The molecule has 0 unspecified atom stereocenters. The molecule has 212 valence electrons. The minimum atomic E-state index is -0.415. The Morgan fingerprint density at radius 2 is 1.73 bits per heavy atom. The van der Waals surface area contributed by atoms with Crippen LogP contribution in [0.4, 0.5) is 5.69 Å². The number of benzene rings is 3. The Labute approximate surface area is 242 Å². The summed E-state index contributed by atoms with van der Waals surface area (Å²) in [7, 11) is 1.52. The van der Waals surface area contributed by atoms with Crippen molar-refractivity contribution in [2.75, 3.05) is 24.8 Å². The zero-order chi connectivity index (χ0) is 29.4. The van der Waals surface area contributed by atoms with Crippen LogP contribution in [0.1, 0.15) is 44.6 Å². The third-order valence-electron chi connectivity index (χ3n) is 6.08. The van der Waals surface area contributed by atoms with Gasteiger partial charge in [0.25, 0.3) is 5.91 Å². The van der Waals surface area contributed by atoms with E-state index in [-0.39, 0.29) is 30.7 Å². The summed E-state index contributed by atoms with van der Waals surface area (Å²) in [5.74, 6) is 0.0803. The van der Waals surface area contributed by atoms with Gasteiger partial charge in [-0.2, -0.15) is 0 Å². The number of hydrogen-bond acceptors (Lipinski definition) is 8. The maximum Gasteiger partial charge on any atom is 0.338 e. The summed E-state index contributed by atoms with van der Waals surface area (Å²) in [6.07, 6.45) is 0. The number of esters is 1. The number of carbonyl (C=O) groups is 3. The van der Waals surface area contributed by atoms with Crippen molar-refractivity contribution >= 4 is 35.2 Å². The predicted octanol–water partition coefficient (Wildman–Crippen LogP) is 4.73. The molecular weight excluding hydrogens is 542 g/mol. The van der Waals surface area contributed by atoms with Crippen molar-refractivity contribution in [1.29, 1.82) is 0 Å². The molecule has 0 radical (unpaired) electrons. The number of nitrogens with zero attached hydrogens (tertiary/aromatic N) is 3. The first-order chi connectivity index (χ1) is 19.8. The number of rotatable bonds is 11. The summed E-state index contributed by atoms with van der Waals surface area (Å²) in [4.78, 5) is 37.5. The Hall–Kier alpha value is -4.64. The van der Waals surface area contributed by atoms with Crippen molar-refractivity contribution in [3.63, 3.8) is 0 Å². The van der Waals surface area contributed by atoms with Gasteiger partial charge in [0.2, 0.25) is 5.91 Å². The number of carbonyl (C=O) groups excluding carboxylic acids is 3. The monoisotopic (exact) mass is 573 g/mol. The summed E-state index contributed by atoms with van der Waals surface area (Å²) >= 11 is 1.23. The molecule has 1 heterocycles. The zero-order valence-corrected chi connectivity index (χ0v) is 24.1. The van der Waals surface area contributed by atoms with E-state index >= 15 is 0 Å². The Balaban J connectivity index is 1.50. The van der Waals surface area contributed by atoms with E-state index < -0.39 is 5.97 Å². The molecule has 0 atom stereocenters. The van der Waals surface area contributed by atoms with Crippen molar-refractivity contribution < 1.29 is 23.9 Å². The fraction of sp³-hybridized carbons (Fsp3) is 0.233. The van der Waals surface area contributed by atoms with E-state index in [0.29, 0.717) is 33.5 Å². The average molecular weight is 574 g/mol. The highest BCUT2D eigenvalue weighted by molar-refractivity contribution is 7.99. The van der Waals surface area contributed by atoms with Crippen LogP contribution in [0.3, 0.4) is 0 Å². The minimum absolute atomic E-state index is 0.0657. The van der Waals surface area contributed by atoms with Crippen molar-refractivity contribution in [2.45, 2.75) is 32.5 Å². The second-order valence-electron chi connectivity index (χ2n) is 9.04. The first kappa shape index (κ1) is 29.3. The third-order valence-corrected chi connectivity index (χ3v) is 7.01. The summed E-state index contributed by atoms with van der Waals surface area (Å²) in [6, 6.07) is 19.5. The molecule has 1 aromatic heterocycles. The molecule has 0 fully saturated rings. The number of methoxy groups -OCH3 is 1. The van der Waals surface area contributed by atoms with E-state index in [2.05, 4.69) is 20.8 Å². The van der Waals surface area contributed by atoms with Crippen LogP contribution in [-0.4, -0.2) is 52.0 Å². The molecule has 10 nitrogen and oxygen atoms in total. The van der Waals surface area contributed by atoms with Gasteiger partial charge in [0.15, 0.2) is 11.0 Å². The normalized spacial score (nSPS) is 10.6. The van der Waals surface area contributed by atoms with Crippen LogP contribution in [0, 0.1) is 13.8 Å². The van der Waals surface area contributed by atoms with Gasteiger partial charge in [-0.15, -0.1) is 10.2 Å². The Kier molecular flexibility index (Phi) is 9.75. The lowest BCUT2D eigenvalue weighted by molar-refractivity contribution is -0.113. The molecule has 2 amide bonds. The molecule has 11 heteroatoms. The summed E-state index contributed by atoms with van der Waals surface area (Å²) < 4.78 is 12.2. The van der Waals surface area contributed by atoms with Gasteiger partial charge < -0.3 is 20.1 Å². The lowest BCUT2D eigenvalue weighted by Crippen LogP contribution is -2.25. The van der Waals surface area contributed by atoms with Crippen LogP contribution in [0.5, 0.6) is 5.75 Å². The van der Waals surface area contributed by atoms with Crippen LogP contribution in [0.2, 0.25) is 0 Å². The lowest BCUT2D eigenvalue weighted by atomic mass is 10.1. The van der Waals surface area contributed by atoms with Crippen LogP contribution < -0.4 is 15.4 Å². The fourth-order valence-electron chi connectivity index (χ4n) is 4.03. The van der Waals surface area contributed by atoms with E-state index in [1.54, 1.807) is 55.5 Å². The molecule has 4 rings (SSSR count). The molecule has 0 aliphatic heterocycles. The predicted molar refractivity (Wildman–Crippen MR) is 157 cm³/mol. The molecular formula is C30H31N5O5S. The molecule has 0 bridgehead atoms. The third kappa shape index (κ3) is 7.31. The molecule has 0 saturated heterocycles. The highest BCUT2D eigenvalue weighted by Crippen LogP contribution is 2.26. The number of para-hydroxylation sites is 1. The first-order valence-electron chi connectivity index (χ1n) is 12.9. The number of thioether (sulfide) groups is 1. The van der Waals surface area contributed by atoms with Crippen LogP contribution in [0.15, 0.2) is 71.9 Å². The maximum atomic E-state index is 12.9. The molecule has 0 aliphatic carbocycles. The molecule has 4 aromatic rings. The van der Waals surface area contributed by atoms with Crippen LogP contribution >= 0.6 is 11.8 Å². The number of amides is 2. The second-order valence-corrected chi connectivity index (χ2v) is 9.98. The number of hydrogen-bond donors (Lipinski definition) is 2. The van der Waals surface area contributed by atoms with Crippen molar-refractivity contribution in [3.8, 4) is 11.4 Å². The van der Waals surface area contributed by atoms with Gasteiger partial charge in [-0.05, 0) is 74.4 Å². The topological polar surface area (TPSA) is 124 Å². The van der Waals surface area contributed by atoms with Gasteiger partial charge in [0, 0.05) is 5.69 Å². The van der Waals surface area contributed by atoms with E-state index in [4.69, 9.17) is 9.47 Å². The van der Waals surface area contributed by atoms with Gasteiger partial charge in [-0.25, -0.2) is 4.79 Å². The summed E-state index contributed by atoms with van der Waals surface area (Å²) in [6.45, 7) is 6.11. The van der Waals surface area contributed by atoms with E-state index in [0.717, 1.165) is 16.8 Å². The van der Waals surface area contributed by atoms with E-state index in [1.807, 2.05) is 36.6 Å². The Bertz CT molecular complexity index is 1550. The number of aryl methyl sites for hydroxylation is 2. The van der Waals surface area contributed by atoms with Crippen molar-refractivity contribution in [1.82, 2.24) is 20.1 Å². The lowest BCUT2D eigenvalue weighted by Gasteiger charge is -2.14. The molecule has 0 aliphatic rings. The SMILES string of the molecule is CCOC(=O)c1ccc(NC(=O)CSc2nnc(CNC(=O)c3ccccc3OC)n2-c2cc(C)ccc2C)cc1. The summed E-state index contributed by atoms with van der Waals surface area (Å²) in [5.41, 5.74) is 4.26. The highest BCUT2D eigenvalue weighted by atomic mass is 32.2. The van der Waals surface area contributed by atoms with Gasteiger partial charge in [0.05, 0.1) is 42.8 Å². The standard InChI is InChI=1S/C30H31N5O5S/c1-5-40-29(38)21-12-14-22(15-13-21)32-27(36)18-41-30-34-33-26(35(30)24-16-19(2)10-11-20(24)3)17-31-28(37)23-8-6-7-9-25(23)39-4/h6-16H,5,17-18H2,1-4H3,(H,31,37)(H,32,36). The van der Waals surface area contributed by atoms with Crippen molar-refractivity contribution in [3.05, 3.63) is 94.8 Å². The average Bonchev–Trinajstić information content (AvgIpc) is 3.39. The maximum absolute atomic E-state index is 12.9. The Morgan fingerprint density at radius 1 is 0.976 bits per heavy atom. The number of nitrogens with one attached hydrogen (secondary N) is 2. The van der Waals surface area contributed by atoms with Gasteiger partial charge in [-0.1, -0.05) is 36.0 Å². The zero-order valence-electron chi connectivity index (χ0n) is 23.3. The van der Waals surface area contributed by atoms with Gasteiger partial charge >= 0.3 is 5.97 Å². The van der Waals surface area contributed by atoms with Crippen molar-refractivity contribution in [2.24, 2.45) is 0 Å². The van der Waals surface area contributed by atoms with Crippen LogP contribution in [0.25, 0.3) is 5.69 Å². The smallest absolute Gasteiger partial charge is 0.338 e. The molecule has 0 spiro atoms. The summed E-state index contributed by atoms with van der Waals surface area (Å²) in [5, 5.41) is 14.9. The minimum Gasteiger partial charge on any atom is -0.496 e. The first-order valence-corrected chi connectivity index (χ1v) is 13.9. The molecule has 41 heavy (non-hydrogen) atoms. The fourth-order valence-corrected chi connectivity index (χ4v) is 4.79. The second kappa shape index (κ2) is 13.6. The number of aromatic nitrogens is 3. The van der Waals surface area contributed by atoms with E-state index in [1.165, 1.54) is 18.9 Å². The number of ether oxygens (including phenoxy) is 2. The molecule has 2 N–H and O–H groups in total. The number of anilines is 1. The molecule has 0 saturated carbocycles. The van der Waals surface area contributed by atoms with E-state index in [9.17, 15) is 14.4 Å². The van der Waals surface area contributed by atoms with Gasteiger partial charge in [-0.3, -0.25) is 14.2 Å². The van der Waals surface area contributed by atoms with Crippen LogP contribution in [-0.2, 0) is 16.1 Å². The quantitative estimate of drug-likeness (QED) is 0.195. The Morgan fingerprint density at radius 3 is 2.46 bits per heavy atom. The highest BCUT2D eigenvalue weighted by Gasteiger charge is 2.19. The van der Waals surface area contributed by atoms with Gasteiger partial charge in [0.1, 0.15) is 5.75 Å². The molecule has 3 aromatic carbocycles.